The number of likely N-dealkylation sites (N-methyl/N-ethyl adjacent to an activating group) is 7. The van der Waals surface area contributed by atoms with Crippen LogP contribution in [-0.2, 0) is 65.3 Å². The highest BCUT2D eigenvalue weighted by molar-refractivity contribution is 6.31. The van der Waals surface area contributed by atoms with E-state index in [2.05, 4.69) is 16.0 Å². The Morgan fingerprint density at radius 3 is 1.81 bits per heavy atom. The van der Waals surface area contributed by atoms with Crippen LogP contribution in [0, 0.1) is 23.7 Å². The van der Waals surface area contributed by atoms with Gasteiger partial charge in [0.15, 0.2) is 0 Å². The molecule has 95 heavy (non-hydrogen) atoms. The first kappa shape index (κ1) is 77.3. The van der Waals surface area contributed by atoms with Crippen LogP contribution in [-0.4, -0.2) is 233 Å². The van der Waals surface area contributed by atoms with Crippen molar-refractivity contribution in [2.45, 2.75) is 223 Å². The summed E-state index contributed by atoms with van der Waals surface area (Å²) in [4.78, 5) is 170. The molecule has 2 heterocycles. The summed E-state index contributed by atoms with van der Waals surface area (Å²) >= 11 is 6.08. The number of nitrogens with one attached hydrogen (secondary N) is 3. The Balaban J connectivity index is 1.40. The van der Waals surface area contributed by atoms with E-state index in [1.165, 1.54) is 68.9 Å². The van der Waals surface area contributed by atoms with Gasteiger partial charge in [0.2, 0.25) is 65.0 Å². The predicted molar refractivity (Wildman–Crippen MR) is 345 cm³/mol. The van der Waals surface area contributed by atoms with E-state index in [4.69, 9.17) is 11.6 Å². The van der Waals surface area contributed by atoms with Crippen LogP contribution in [0.1, 0.15) is 168 Å². The van der Waals surface area contributed by atoms with Gasteiger partial charge in [-0.2, -0.15) is 13.2 Å². The first-order valence-electron chi connectivity index (χ1n) is 33.7. The van der Waals surface area contributed by atoms with Crippen LogP contribution in [0.4, 0.5) is 22.0 Å². The molecule has 1 aromatic carbocycles. The Labute approximate surface area is 560 Å². The van der Waals surface area contributed by atoms with Crippen LogP contribution in [0.15, 0.2) is 18.2 Å². The molecule has 28 heteroatoms. The number of rotatable bonds is 10. The van der Waals surface area contributed by atoms with E-state index in [1.54, 1.807) is 13.8 Å². The zero-order chi connectivity index (χ0) is 70.8. The maximum absolute atomic E-state index is 16.0. The van der Waals surface area contributed by atoms with E-state index >= 15 is 23.2 Å². The molecule has 3 aliphatic carbocycles. The van der Waals surface area contributed by atoms with Gasteiger partial charge in [0.1, 0.15) is 41.8 Å². The Kier molecular flexibility index (Phi) is 26.9. The van der Waals surface area contributed by atoms with Crippen molar-refractivity contribution in [3.63, 3.8) is 0 Å². The summed E-state index contributed by atoms with van der Waals surface area (Å²) in [5, 5.41) is 7.49. The summed E-state index contributed by atoms with van der Waals surface area (Å²) in [5.74, 6) is -13.0. The third-order valence-corrected chi connectivity index (χ3v) is 20.8. The van der Waals surface area contributed by atoms with E-state index in [0.29, 0.717) is 30.6 Å². The molecule has 0 unspecified atom stereocenters. The number of halogens is 6. The van der Waals surface area contributed by atoms with Crippen molar-refractivity contribution in [2.24, 2.45) is 23.7 Å². The quantitative estimate of drug-likeness (QED) is 0.220. The van der Waals surface area contributed by atoms with E-state index in [9.17, 15) is 51.5 Å². The number of benzene rings is 1. The van der Waals surface area contributed by atoms with Gasteiger partial charge in [-0.25, -0.2) is 8.78 Å². The largest absolute Gasteiger partial charge is 0.417 e. The molecule has 0 bridgehead atoms. The Morgan fingerprint density at radius 1 is 0.653 bits per heavy atom. The number of nitrogens with zero attached hydrogens (tertiary/aromatic N) is 8. The average molecular weight is 1370 g/mol. The molecule has 2 saturated heterocycles. The van der Waals surface area contributed by atoms with Gasteiger partial charge in [0.25, 0.3) is 5.92 Å². The summed E-state index contributed by atoms with van der Waals surface area (Å²) in [7, 11) is 9.82. The van der Waals surface area contributed by atoms with E-state index in [0.717, 1.165) is 84.3 Å². The lowest BCUT2D eigenvalue weighted by molar-refractivity contribution is -0.156. The topological polar surface area (TPSA) is 250 Å². The summed E-state index contributed by atoms with van der Waals surface area (Å²) < 4.78 is 73.3. The van der Waals surface area contributed by atoms with Crippen molar-refractivity contribution in [1.29, 1.82) is 0 Å². The van der Waals surface area contributed by atoms with Crippen LogP contribution in [0.25, 0.3) is 0 Å². The number of hydrogen-bond donors (Lipinski definition) is 3. The summed E-state index contributed by atoms with van der Waals surface area (Å²) in [6.07, 6.45) is 1.85. The molecular weight excluding hydrogens is 1270 g/mol. The first-order valence-corrected chi connectivity index (χ1v) is 34.0. The molecule has 2 aliphatic heterocycles. The molecule has 0 aromatic heterocycles. The fraction of sp³-hybridized carbons (Fsp3) is 0.746. The monoisotopic (exact) mass is 1370 g/mol. The molecule has 1 aromatic rings. The third kappa shape index (κ3) is 19.6. The number of amides is 11. The second-order valence-corrected chi connectivity index (χ2v) is 28.5. The highest BCUT2D eigenvalue weighted by Gasteiger charge is 2.56. The molecule has 0 radical (unpaired) electrons. The first-order chi connectivity index (χ1) is 44.4. The van der Waals surface area contributed by atoms with Crippen molar-refractivity contribution in [2.75, 3.05) is 75.5 Å². The smallest absolute Gasteiger partial charge is 0.343 e. The predicted octanol–water partition coefficient (Wildman–Crippen LogP) is 6.29. The van der Waals surface area contributed by atoms with Crippen LogP contribution < -0.4 is 16.0 Å². The third-order valence-electron chi connectivity index (χ3n) is 20.5. The lowest BCUT2D eigenvalue weighted by atomic mass is 9.74. The molecule has 5 fully saturated rings. The summed E-state index contributed by atoms with van der Waals surface area (Å²) in [6.45, 7) is 5.82. The van der Waals surface area contributed by atoms with Gasteiger partial charge in [-0.1, -0.05) is 103 Å². The maximum atomic E-state index is 16.0. The fourth-order valence-corrected chi connectivity index (χ4v) is 14.3. The van der Waals surface area contributed by atoms with Gasteiger partial charge >= 0.3 is 6.18 Å². The van der Waals surface area contributed by atoms with Gasteiger partial charge in [0.05, 0.1) is 36.8 Å². The molecule has 22 nitrogen and oxygen atoms in total. The zero-order valence-corrected chi connectivity index (χ0v) is 58.1. The van der Waals surface area contributed by atoms with E-state index < -0.39 is 180 Å². The molecular formula is C67H101ClF5N11O11. The minimum atomic E-state index is -4.82. The molecule has 3 N–H and O–H groups in total. The fourth-order valence-electron chi connectivity index (χ4n) is 14.0. The standard InChI is InChI=1S/C67H101ClF5N11O11/c1-13-41(4)56-62(93)79(8)37-54(87)77(6)38-55(88)82(11)50(34-43-21-16-14-17-22-43)61(92)78(7)36-52(85)74-48(28-26-44-25-27-46(47(68)33-44)67(71,72)73)60(91)84-39-66(69,70)35-51(84)59(90)76-65(29-20-30-65)64(95)83(12)57(45-23-18-15-19-24-45)63(94)80(9)42(5)32-53(86)81(10)49(31-40(2)3)58(89)75-56/h25,27,33,40-43,45,48-51,56-57H,13-24,26,28-32,34-39H2,1-12H3,(H,74,85)(H,75,89)(H,76,90)/t41-,42+,48-,49-,50-,51-,56-,57-/m0/s1. The summed E-state index contributed by atoms with van der Waals surface area (Å²) in [6, 6.07) is -6.23. The number of aryl methyl sites for hydroxylation is 1. The highest BCUT2D eigenvalue weighted by atomic mass is 35.5. The minimum absolute atomic E-state index is 0.0310. The Bertz CT molecular complexity index is 2960. The normalized spacial score (nSPS) is 27.2. The van der Waals surface area contributed by atoms with Gasteiger partial charge < -0.3 is 55.1 Å². The van der Waals surface area contributed by atoms with Gasteiger partial charge in [-0.05, 0) is 106 Å². The Morgan fingerprint density at radius 2 is 1.24 bits per heavy atom. The molecule has 11 amide bonds. The number of carbonyl (C=O) groups excluding carboxylic acids is 11. The van der Waals surface area contributed by atoms with Crippen LogP contribution >= 0.6 is 11.6 Å². The zero-order valence-electron chi connectivity index (χ0n) is 57.4. The number of carbonyl (C=O) groups is 11. The van der Waals surface area contributed by atoms with Crippen molar-refractivity contribution in [3.8, 4) is 0 Å². The SMILES string of the molecule is CC[C@H](C)[C@@H]1NC(=O)[C@H](CC(C)C)N(C)C(=O)C[C@@H](C)N(C)C(=O)[C@H](C2CCCCC2)N(C)C(=O)C2(CCC2)NC(=O)[C@@H]2CC(F)(F)CN2C(=O)[C@H](CCc2ccc(C(F)(F)F)c(Cl)c2)NC(=O)CN(C)C(=O)[C@H](CC2CCCCC2)N(C)C(=O)CN(C)C(=O)CN(C)C1=O. The molecule has 8 atom stereocenters. The molecule has 1 spiro atoms. The van der Waals surface area contributed by atoms with Crippen LogP contribution in [0.2, 0.25) is 5.02 Å². The molecule has 6 rings (SSSR count). The van der Waals surface area contributed by atoms with Crippen molar-refractivity contribution in [3.05, 3.63) is 34.3 Å². The summed E-state index contributed by atoms with van der Waals surface area (Å²) in [5.41, 5.74) is -2.70. The van der Waals surface area contributed by atoms with Crippen molar-refractivity contribution in [1.82, 2.24) is 55.1 Å². The number of hydrogen-bond acceptors (Lipinski definition) is 11. The van der Waals surface area contributed by atoms with Gasteiger partial charge in [-0.3, -0.25) is 52.7 Å². The highest BCUT2D eigenvalue weighted by Crippen LogP contribution is 2.40. The number of alkyl halides is 5. The number of fused-ring (bicyclic) bond motifs is 1. The molecule has 532 valence electrons. The van der Waals surface area contributed by atoms with Gasteiger partial charge in [0, 0.05) is 68.2 Å². The lowest BCUT2D eigenvalue weighted by Gasteiger charge is -2.47. The van der Waals surface area contributed by atoms with E-state index in [1.807, 2.05) is 20.8 Å². The van der Waals surface area contributed by atoms with Crippen LogP contribution in [0.3, 0.4) is 0 Å². The molecule has 3 saturated carbocycles. The van der Waals surface area contributed by atoms with Crippen molar-refractivity contribution < 1.29 is 74.7 Å². The van der Waals surface area contributed by atoms with Gasteiger partial charge in [-0.15, -0.1) is 0 Å². The van der Waals surface area contributed by atoms with Crippen LogP contribution in [0.5, 0.6) is 0 Å². The van der Waals surface area contributed by atoms with Crippen molar-refractivity contribution >= 4 is 76.6 Å². The lowest BCUT2D eigenvalue weighted by Crippen LogP contribution is -2.68. The second kappa shape index (κ2) is 33.1. The minimum Gasteiger partial charge on any atom is -0.343 e. The average Bonchev–Trinajstić information content (AvgIpc) is 1.75. The Hall–Kier alpha value is -6.67. The molecule has 5 aliphatic rings. The maximum Gasteiger partial charge on any atom is 0.417 e. The second-order valence-electron chi connectivity index (χ2n) is 28.1. The van der Waals surface area contributed by atoms with E-state index in [-0.39, 0.29) is 61.8 Å².